The van der Waals surface area contributed by atoms with Crippen molar-refractivity contribution in [2.45, 2.75) is 25.5 Å². The summed E-state index contributed by atoms with van der Waals surface area (Å²) in [5.41, 5.74) is 2.07. The number of anilines is 1. The van der Waals surface area contributed by atoms with Crippen LogP contribution in [0.2, 0.25) is 0 Å². The fourth-order valence-corrected chi connectivity index (χ4v) is 3.43. The normalized spacial score (nSPS) is 18.3. The predicted molar refractivity (Wildman–Crippen MR) is 97.8 cm³/mol. The monoisotopic (exact) mass is 353 g/mol. The van der Waals surface area contributed by atoms with Crippen molar-refractivity contribution in [3.8, 4) is 0 Å². The van der Waals surface area contributed by atoms with Crippen LogP contribution in [0.25, 0.3) is 5.78 Å². The van der Waals surface area contributed by atoms with Crippen molar-refractivity contribution in [1.82, 2.24) is 19.6 Å². The van der Waals surface area contributed by atoms with Crippen molar-refractivity contribution in [2.75, 3.05) is 25.6 Å². The summed E-state index contributed by atoms with van der Waals surface area (Å²) in [4.78, 5) is 8.70. The molecule has 3 heterocycles. The maximum Gasteiger partial charge on any atom is 0.254 e. The molecular weight excluding hydrogens is 330 g/mol. The van der Waals surface area contributed by atoms with Gasteiger partial charge < -0.3 is 14.8 Å². The standard InChI is InChI=1S/C19H23N5O2/c1-25-12-16-10-18(24-19(22-16)20-13-21-24)23-17(9-14-7-8-26-11-14)15-5-3-2-4-6-15/h2-6,10,13-14,17,23H,7-9,11-12H2,1H3. The Bertz CT molecular complexity index is 846. The number of nitrogens with one attached hydrogen (secondary N) is 1. The first-order valence-electron chi connectivity index (χ1n) is 8.91. The highest BCUT2D eigenvalue weighted by atomic mass is 16.5. The molecule has 2 aromatic heterocycles. The Morgan fingerprint density at radius 3 is 3.00 bits per heavy atom. The van der Waals surface area contributed by atoms with Crippen molar-refractivity contribution in [3.05, 3.63) is 54.0 Å². The van der Waals surface area contributed by atoms with Crippen molar-refractivity contribution in [3.63, 3.8) is 0 Å². The van der Waals surface area contributed by atoms with Gasteiger partial charge in [-0.3, -0.25) is 0 Å². The Balaban J connectivity index is 1.66. The van der Waals surface area contributed by atoms with Gasteiger partial charge in [0.1, 0.15) is 12.1 Å². The summed E-state index contributed by atoms with van der Waals surface area (Å²) < 4.78 is 12.5. The zero-order chi connectivity index (χ0) is 17.8. The number of aromatic nitrogens is 4. The highest BCUT2D eigenvalue weighted by Crippen LogP contribution is 2.30. The van der Waals surface area contributed by atoms with Gasteiger partial charge in [-0.15, -0.1) is 0 Å². The average molecular weight is 353 g/mol. The smallest absolute Gasteiger partial charge is 0.254 e. The molecule has 0 spiro atoms. The molecule has 136 valence electrons. The van der Waals surface area contributed by atoms with Crippen LogP contribution in [-0.2, 0) is 16.1 Å². The van der Waals surface area contributed by atoms with Gasteiger partial charge in [0, 0.05) is 26.4 Å². The number of hydrogen-bond acceptors (Lipinski definition) is 6. The lowest BCUT2D eigenvalue weighted by molar-refractivity contribution is 0.181. The second-order valence-corrected chi connectivity index (χ2v) is 6.61. The molecule has 26 heavy (non-hydrogen) atoms. The Kier molecular flexibility index (Phi) is 5.08. The highest BCUT2D eigenvalue weighted by Gasteiger charge is 2.23. The third-order valence-electron chi connectivity index (χ3n) is 4.71. The minimum atomic E-state index is 0.160. The van der Waals surface area contributed by atoms with Gasteiger partial charge in [0.15, 0.2) is 0 Å². The van der Waals surface area contributed by atoms with Crippen molar-refractivity contribution < 1.29 is 9.47 Å². The number of methoxy groups -OCH3 is 1. The van der Waals surface area contributed by atoms with Crippen LogP contribution in [0, 0.1) is 5.92 Å². The van der Waals surface area contributed by atoms with E-state index in [1.807, 2.05) is 12.1 Å². The maximum atomic E-state index is 5.57. The van der Waals surface area contributed by atoms with Gasteiger partial charge in [0.2, 0.25) is 0 Å². The summed E-state index contributed by atoms with van der Waals surface area (Å²) >= 11 is 0. The topological polar surface area (TPSA) is 73.6 Å². The Morgan fingerprint density at radius 1 is 1.35 bits per heavy atom. The van der Waals surface area contributed by atoms with E-state index in [0.717, 1.165) is 37.6 Å². The molecule has 1 N–H and O–H groups in total. The van der Waals surface area contributed by atoms with E-state index < -0.39 is 0 Å². The van der Waals surface area contributed by atoms with Gasteiger partial charge in [-0.25, -0.2) is 4.98 Å². The number of fused-ring (bicyclic) bond motifs is 1. The molecule has 0 aliphatic carbocycles. The summed E-state index contributed by atoms with van der Waals surface area (Å²) in [6.45, 7) is 2.12. The van der Waals surface area contributed by atoms with Crippen LogP contribution in [0.15, 0.2) is 42.7 Å². The van der Waals surface area contributed by atoms with Gasteiger partial charge in [-0.2, -0.15) is 14.6 Å². The summed E-state index contributed by atoms with van der Waals surface area (Å²) in [5, 5.41) is 7.97. The van der Waals surface area contributed by atoms with E-state index in [9.17, 15) is 0 Å². The van der Waals surface area contributed by atoms with Crippen LogP contribution in [0.5, 0.6) is 0 Å². The van der Waals surface area contributed by atoms with E-state index in [4.69, 9.17) is 9.47 Å². The molecule has 1 aliphatic rings. The van der Waals surface area contributed by atoms with Gasteiger partial charge in [0.25, 0.3) is 5.78 Å². The zero-order valence-corrected chi connectivity index (χ0v) is 14.8. The molecule has 1 aromatic carbocycles. The number of nitrogens with zero attached hydrogens (tertiary/aromatic N) is 4. The fourth-order valence-electron chi connectivity index (χ4n) is 3.43. The molecule has 3 aromatic rings. The van der Waals surface area contributed by atoms with Gasteiger partial charge in [-0.1, -0.05) is 30.3 Å². The highest BCUT2D eigenvalue weighted by molar-refractivity contribution is 5.46. The van der Waals surface area contributed by atoms with E-state index in [1.165, 1.54) is 11.9 Å². The summed E-state index contributed by atoms with van der Waals surface area (Å²) in [6.07, 6.45) is 3.63. The fraction of sp³-hybridized carbons (Fsp3) is 0.421. The molecular formula is C19H23N5O2. The van der Waals surface area contributed by atoms with Crippen molar-refractivity contribution >= 4 is 11.6 Å². The number of hydrogen-bond donors (Lipinski definition) is 1. The third-order valence-corrected chi connectivity index (χ3v) is 4.71. The first-order chi connectivity index (χ1) is 12.8. The molecule has 0 saturated carbocycles. The number of benzene rings is 1. The molecule has 2 atom stereocenters. The van der Waals surface area contributed by atoms with E-state index in [-0.39, 0.29) is 6.04 Å². The molecule has 0 amide bonds. The average Bonchev–Trinajstić information content (AvgIpc) is 3.34. The van der Waals surface area contributed by atoms with Crippen LogP contribution >= 0.6 is 0 Å². The lowest BCUT2D eigenvalue weighted by Gasteiger charge is -2.23. The molecule has 1 saturated heterocycles. The molecule has 1 fully saturated rings. The maximum absolute atomic E-state index is 5.57. The molecule has 7 heteroatoms. The molecule has 4 rings (SSSR count). The minimum absolute atomic E-state index is 0.160. The van der Waals surface area contributed by atoms with Crippen LogP contribution in [0.3, 0.4) is 0 Å². The predicted octanol–water partition coefficient (Wildman–Crippen LogP) is 2.85. The lowest BCUT2D eigenvalue weighted by Crippen LogP contribution is -2.18. The Labute approximate surface area is 152 Å². The van der Waals surface area contributed by atoms with Crippen LogP contribution in [-0.4, -0.2) is 39.9 Å². The van der Waals surface area contributed by atoms with Crippen LogP contribution in [0.1, 0.15) is 30.1 Å². The summed E-state index contributed by atoms with van der Waals surface area (Å²) in [7, 11) is 1.66. The first-order valence-corrected chi connectivity index (χ1v) is 8.91. The van der Waals surface area contributed by atoms with Gasteiger partial charge in [-0.05, 0) is 24.3 Å². The molecule has 7 nitrogen and oxygen atoms in total. The van der Waals surface area contributed by atoms with E-state index in [0.29, 0.717) is 18.3 Å². The second-order valence-electron chi connectivity index (χ2n) is 6.61. The SMILES string of the molecule is COCc1cc(NC(CC2CCOC2)c2ccccc2)n2ncnc2n1. The minimum Gasteiger partial charge on any atom is -0.381 e. The van der Waals surface area contributed by atoms with Crippen LogP contribution in [0.4, 0.5) is 5.82 Å². The third kappa shape index (κ3) is 3.68. The molecule has 0 radical (unpaired) electrons. The van der Waals surface area contributed by atoms with Crippen molar-refractivity contribution in [1.29, 1.82) is 0 Å². The van der Waals surface area contributed by atoms with Crippen LogP contribution < -0.4 is 5.32 Å². The van der Waals surface area contributed by atoms with Gasteiger partial charge >= 0.3 is 0 Å². The Hall–Kier alpha value is -2.51. The summed E-state index contributed by atoms with van der Waals surface area (Å²) in [6, 6.07) is 12.6. The van der Waals surface area contributed by atoms with E-state index in [1.54, 1.807) is 11.6 Å². The lowest BCUT2D eigenvalue weighted by atomic mass is 9.94. The van der Waals surface area contributed by atoms with E-state index >= 15 is 0 Å². The zero-order valence-electron chi connectivity index (χ0n) is 14.8. The first kappa shape index (κ1) is 16.9. The van der Waals surface area contributed by atoms with E-state index in [2.05, 4.69) is 44.6 Å². The van der Waals surface area contributed by atoms with Crippen molar-refractivity contribution in [2.24, 2.45) is 5.92 Å². The largest absolute Gasteiger partial charge is 0.381 e. The number of ether oxygens (including phenoxy) is 2. The molecule has 2 unspecified atom stereocenters. The molecule has 1 aliphatic heterocycles. The number of rotatable bonds is 7. The Morgan fingerprint density at radius 2 is 2.23 bits per heavy atom. The molecule has 0 bridgehead atoms. The second kappa shape index (κ2) is 7.80. The summed E-state index contributed by atoms with van der Waals surface area (Å²) in [5.74, 6) is 1.99. The quantitative estimate of drug-likeness (QED) is 0.704. The van der Waals surface area contributed by atoms with Gasteiger partial charge in [0.05, 0.1) is 18.3 Å².